The third-order valence-electron chi connectivity index (χ3n) is 10.6. The molecule has 0 radical (unpaired) electrons. The lowest BCUT2D eigenvalue weighted by Crippen LogP contribution is -2.63. The topological polar surface area (TPSA) is 124 Å². The van der Waals surface area contributed by atoms with Crippen LogP contribution in [0.4, 0.5) is 0 Å². The Hall–Kier alpha value is -1.79. The van der Waals surface area contributed by atoms with Gasteiger partial charge in [0.2, 0.25) is 11.8 Å². The van der Waals surface area contributed by atoms with Crippen molar-refractivity contribution in [1.29, 1.82) is 0 Å². The average Bonchev–Trinajstić information content (AvgIpc) is 3.05. The first kappa shape index (κ1) is 37.0. The smallest absolute Gasteiger partial charge is 0.325 e. The zero-order valence-corrected chi connectivity index (χ0v) is 29.4. The minimum atomic E-state index is -0.542. The van der Waals surface area contributed by atoms with Crippen LogP contribution in [0.3, 0.4) is 0 Å². The molecule has 1 unspecified atom stereocenters. The lowest BCUT2D eigenvalue weighted by atomic mass is 9.75. The number of hydrogen-bond donors (Lipinski definition) is 4. The zero-order chi connectivity index (χ0) is 33.1. The van der Waals surface area contributed by atoms with Crippen molar-refractivity contribution in [1.82, 2.24) is 31.1 Å². The standard InChI is InChI=1S/C35H64N6O5/c1-6-41(7-2)33(44)27-9-8-18-40(24-27)19-20-45-30-16-14-29(15-17-30)39-34-37-21-28(22-38-34)25-10-12-26(13-11-25)32(43)36-23-31(42)46-35(3,4)5/h25-30,34,37-39H,6-24H2,1-5H3,(H,36,43). The summed E-state index contributed by atoms with van der Waals surface area (Å²) in [4.78, 5) is 41.8. The van der Waals surface area contributed by atoms with Crippen LogP contribution in [-0.2, 0) is 23.9 Å². The van der Waals surface area contributed by atoms with Crippen LogP contribution >= 0.6 is 0 Å². The number of amides is 2. The number of ether oxygens (including phenoxy) is 2. The number of nitrogens with one attached hydrogen (secondary N) is 4. The van der Waals surface area contributed by atoms with Crippen LogP contribution in [0, 0.1) is 23.7 Å². The molecule has 2 heterocycles. The summed E-state index contributed by atoms with van der Waals surface area (Å²) in [5.74, 6) is 1.22. The number of likely N-dealkylation sites (tertiary alicyclic amines) is 1. The number of esters is 1. The summed E-state index contributed by atoms with van der Waals surface area (Å²) in [5.41, 5.74) is -0.542. The van der Waals surface area contributed by atoms with Crippen LogP contribution in [0.5, 0.6) is 0 Å². The highest BCUT2D eigenvalue weighted by Crippen LogP contribution is 2.34. The monoisotopic (exact) mass is 648 g/mol. The van der Waals surface area contributed by atoms with E-state index < -0.39 is 5.60 Å². The number of hydrogen-bond acceptors (Lipinski definition) is 9. The predicted molar refractivity (Wildman–Crippen MR) is 180 cm³/mol. The molecule has 0 aromatic carbocycles. The van der Waals surface area contributed by atoms with Crippen molar-refractivity contribution in [3.8, 4) is 0 Å². The van der Waals surface area contributed by atoms with Gasteiger partial charge in [-0.05, 0) is 117 Å². The molecule has 2 aliphatic carbocycles. The molecule has 2 aliphatic heterocycles. The van der Waals surface area contributed by atoms with Crippen LogP contribution < -0.4 is 21.3 Å². The highest BCUT2D eigenvalue weighted by molar-refractivity contribution is 5.83. The first-order chi connectivity index (χ1) is 22.0. The van der Waals surface area contributed by atoms with E-state index in [4.69, 9.17) is 9.47 Å². The maximum absolute atomic E-state index is 12.8. The molecule has 0 aromatic heterocycles. The van der Waals surface area contributed by atoms with Crippen molar-refractivity contribution in [2.75, 3.05) is 59.0 Å². The Bertz CT molecular complexity index is 948. The summed E-state index contributed by atoms with van der Waals surface area (Å²) in [7, 11) is 0. The van der Waals surface area contributed by atoms with E-state index in [1.165, 1.54) is 0 Å². The van der Waals surface area contributed by atoms with Crippen molar-refractivity contribution in [2.24, 2.45) is 23.7 Å². The molecule has 11 heteroatoms. The summed E-state index contributed by atoms with van der Waals surface area (Å²) in [6.45, 7) is 16.7. The minimum absolute atomic E-state index is 0.0119. The van der Waals surface area contributed by atoms with Gasteiger partial charge in [-0.3, -0.25) is 30.3 Å². The Morgan fingerprint density at radius 3 is 2.17 bits per heavy atom. The molecule has 4 fully saturated rings. The molecule has 0 spiro atoms. The van der Waals surface area contributed by atoms with E-state index in [1.807, 2.05) is 25.7 Å². The van der Waals surface area contributed by atoms with Gasteiger partial charge in [0, 0.05) is 51.2 Å². The molecule has 2 saturated heterocycles. The van der Waals surface area contributed by atoms with E-state index in [2.05, 4.69) is 40.0 Å². The Kier molecular flexibility index (Phi) is 14.6. The fraction of sp³-hybridized carbons (Fsp3) is 0.914. The summed E-state index contributed by atoms with van der Waals surface area (Å²) >= 11 is 0. The molecule has 4 rings (SSSR count). The molecule has 4 N–H and O–H groups in total. The summed E-state index contributed by atoms with van der Waals surface area (Å²) in [6.07, 6.45) is 10.9. The quantitative estimate of drug-likeness (QED) is 0.223. The molecule has 46 heavy (non-hydrogen) atoms. The SMILES string of the molecule is CCN(CC)C(=O)C1CCCN(CCOC2CCC(NC3NCC(C4CCC(C(=O)NCC(=O)OC(C)(C)C)CC4)CN3)CC2)C1. The number of nitrogens with zero attached hydrogens (tertiary/aromatic N) is 2. The van der Waals surface area contributed by atoms with Gasteiger partial charge >= 0.3 is 5.97 Å². The highest BCUT2D eigenvalue weighted by Gasteiger charge is 2.34. The normalized spacial score (nSPS) is 31.2. The zero-order valence-electron chi connectivity index (χ0n) is 29.4. The van der Waals surface area contributed by atoms with Gasteiger partial charge in [0.15, 0.2) is 0 Å². The number of rotatable bonds is 13. The molecule has 2 saturated carbocycles. The van der Waals surface area contributed by atoms with Gasteiger partial charge in [0.05, 0.1) is 18.6 Å². The van der Waals surface area contributed by atoms with Crippen LogP contribution in [0.25, 0.3) is 0 Å². The molecule has 0 bridgehead atoms. The summed E-state index contributed by atoms with van der Waals surface area (Å²) < 4.78 is 11.6. The van der Waals surface area contributed by atoms with Gasteiger partial charge in [-0.1, -0.05) is 0 Å². The van der Waals surface area contributed by atoms with Crippen molar-refractivity contribution in [2.45, 2.75) is 123 Å². The van der Waals surface area contributed by atoms with Gasteiger partial charge in [0.25, 0.3) is 0 Å². The van der Waals surface area contributed by atoms with E-state index in [0.29, 0.717) is 29.9 Å². The first-order valence-corrected chi connectivity index (χ1v) is 18.4. The van der Waals surface area contributed by atoms with Gasteiger partial charge in [0.1, 0.15) is 18.4 Å². The van der Waals surface area contributed by atoms with Gasteiger partial charge in [-0.25, -0.2) is 0 Å². The Morgan fingerprint density at radius 2 is 1.54 bits per heavy atom. The molecule has 0 aromatic rings. The van der Waals surface area contributed by atoms with Crippen LogP contribution in [-0.4, -0.2) is 111 Å². The molecule has 4 aliphatic rings. The van der Waals surface area contributed by atoms with E-state index in [0.717, 1.165) is 117 Å². The summed E-state index contributed by atoms with van der Waals surface area (Å²) in [5, 5.41) is 14.0. The molecule has 264 valence electrons. The van der Waals surface area contributed by atoms with Crippen LogP contribution in [0.1, 0.15) is 98.8 Å². The predicted octanol–water partition coefficient (Wildman–Crippen LogP) is 2.84. The fourth-order valence-corrected chi connectivity index (χ4v) is 7.90. The highest BCUT2D eigenvalue weighted by atomic mass is 16.6. The molecular weight excluding hydrogens is 584 g/mol. The third-order valence-corrected chi connectivity index (χ3v) is 10.6. The Labute approximate surface area is 278 Å². The minimum Gasteiger partial charge on any atom is -0.459 e. The average molecular weight is 649 g/mol. The molecule has 2 amide bonds. The lowest BCUT2D eigenvalue weighted by Gasteiger charge is -2.40. The first-order valence-electron chi connectivity index (χ1n) is 18.4. The molecule has 1 atom stereocenters. The van der Waals surface area contributed by atoms with Gasteiger partial charge in [-0.2, -0.15) is 0 Å². The number of carbonyl (C=O) groups excluding carboxylic acids is 3. The number of carbonyl (C=O) groups is 3. The second kappa shape index (κ2) is 18.1. The Balaban J connectivity index is 1.04. The Morgan fingerprint density at radius 1 is 0.870 bits per heavy atom. The van der Waals surface area contributed by atoms with E-state index in [9.17, 15) is 14.4 Å². The van der Waals surface area contributed by atoms with Gasteiger partial charge < -0.3 is 24.6 Å². The second-order valence-corrected chi connectivity index (χ2v) is 15.1. The van der Waals surface area contributed by atoms with Crippen LogP contribution in [0.2, 0.25) is 0 Å². The second-order valence-electron chi connectivity index (χ2n) is 15.1. The van der Waals surface area contributed by atoms with Crippen molar-refractivity contribution < 1.29 is 23.9 Å². The van der Waals surface area contributed by atoms with E-state index >= 15 is 0 Å². The molecule has 11 nitrogen and oxygen atoms in total. The van der Waals surface area contributed by atoms with Crippen molar-refractivity contribution >= 4 is 17.8 Å². The van der Waals surface area contributed by atoms with Crippen molar-refractivity contribution in [3.63, 3.8) is 0 Å². The van der Waals surface area contributed by atoms with E-state index in [1.54, 1.807) is 0 Å². The van der Waals surface area contributed by atoms with E-state index in [-0.39, 0.29) is 36.5 Å². The lowest BCUT2D eigenvalue weighted by molar-refractivity contribution is -0.154. The summed E-state index contributed by atoms with van der Waals surface area (Å²) in [6, 6.07) is 0.491. The van der Waals surface area contributed by atoms with Crippen LogP contribution in [0.15, 0.2) is 0 Å². The maximum Gasteiger partial charge on any atom is 0.325 e. The molecular formula is C35H64N6O5. The van der Waals surface area contributed by atoms with Crippen molar-refractivity contribution in [3.05, 3.63) is 0 Å². The number of piperidine rings is 1. The van der Waals surface area contributed by atoms with Gasteiger partial charge in [-0.15, -0.1) is 0 Å². The fourth-order valence-electron chi connectivity index (χ4n) is 7.90. The largest absolute Gasteiger partial charge is 0.459 e. The maximum atomic E-state index is 12.8. The third kappa shape index (κ3) is 11.7.